The minimum Gasteiger partial charge on any atom is -0.444 e. The molecule has 6 heterocycles. The van der Waals surface area contributed by atoms with Gasteiger partial charge in [0.25, 0.3) is 0 Å². The quantitative estimate of drug-likeness (QED) is 0.490. The first-order valence-corrected chi connectivity index (χ1v) is 15.6. The number of hydrogen-bond acceptors (Lipinski definition) is 9. The fourth-order valence-electron chi connectivity index (χ4n) is 6.74. The fourth-order valence-corrected chi connectivity index (χ4v) is 6.74. The smallest absolute Gasteiger partial charge is 0.444 e. The lowest BCUT2D eigenvalue weighted by atomic mass is 9.91. The van der Waals surface area contributed by atoms with Crippen LogP contribution in [-0.4, -0.2) is 112 Å². The minimum atomic E-state index is -4.65. The molecule has 2 aromatic heterocycles. The lowest BCUT2D eigenvalue weighted by Crippen LogP contribution is -2.68. The predicted octanol–water partition coefficient (Wildman–Crippen LogP) is 4.09. The summed E-state index contributed by atoms with van der Waals surface area (Å²) in [4.78, 5) is 28.4. The van der Waals surface area contributed by atoms with Gasteiger partial charge in [-0.3, -0.25) is 9.58 Å². The Morgan fingerprint density at radius 2 is 1.66 bits per heavy atom. The van der Waals surface area contributed by atoms with Crippen LogP contribution in [0.5, 0.6) is 0 Å². The van der Waals surface area contributed by atoms with Gasteiger partial charge in [-0.1, -0.05) is 0 Å². The van der Waals surface area contributed by atoms with Crippen LogP contribution in [0.3, 0.4) is 0 Å². The van der Waals surface area contributed by atoms with Gasteiger partial charge in [0, 0.05) is 75.6 Å². The van der Waals surface area contributed by atoms with Crippen molar-refractivity contribution >= 4 is 17.7 Å². The molecule has 242 valence electrons. The van der Waals surface area contributed by atoms with Crippen LogP contribution in [0.1, 0.15) is 69.6 Å². The van der Waals surface area contributed by atoms with Crippen LogP contribution in [0, 0.1) is 6.92 Å². The number of piperidine rings is 1. The highest BCUT2D eigenvalue weighted by Gasteiger charge is 2.44. The summed E-state index contributed by atoms with van der Waals surface area (Å²) in [6, 6.07) is 2.10. The van der Waals surface area contributed by atoms with Crippen molar-refractivity contribution in [3.8, 4) is 0 Å². The Hall–Kier alpha value is -3.13. The van der Waals surface area contributed by atoms with Gasteiger partial charge in [0.15, 0.2) is 0 Å². The number of aromatic nitrogens is 4. The average molecular weight is 621 g/mol. The summed E-state index contributed by atoms with van der Waals surface area (Å²) in [5, 5.41) is 4.59. The van der Waals surface area contributed by atoms with E-state index in [-0.39, 0.29) is 30.1 Å². The molecule has 0 aliphatic carbocycles. The summed E-state index contributed by atoms with van der Waals surface area (Å²) in [5.41, 5.74) is 1.81. The number of alkyl halides is 3. The number of carbonyl (C=O) groups is 1. The van der Waals surface area contributed by atoms with E-state index in [9.17, 15) is 18.0 Å². The standard InChI is InChI=1S/C30H43F3N8O3/c1-19-15-34-41(22-17-43-18-22)26(19)21-6-8-38(9-7-21)24-14-25(36-27(35-24)30(31,32)33)40-16-23(20(40)2)37-10-12-39(13-11-37)28(42)44-29(3,4)5/h14-15,20-23H,6-13,16-18H2,1-5H3/t20-,23-/m1/s1. The molecule has 4 aliphatic heterocycles. The highest BCUT2D eigenvalue weighted by atomic mass is 19.4. The number of carbonyl (C=O) groups excluding carboxylic acids is 1. The second-order valence-corrected chi connectivity index (χ2v) is 13.5. The van der Waals surface area contributed by atoms with Crippen LogP contribution < -0.4 is 9.80 Å². The Bertz CT molecular complexity index is 1340. The molecule has 4 aliphatic rings. The number of nitrogens with zero attached hydrogens (tertiary/aromatic N) is 8. The molecule has 0 unspecified atom stereocenters. The highest BCUT2D eigenvalue weighted by molar-refractivity contribution is 5.68. The summed E-state index contributed by atoms with van der Waals surface area (Å²) < 4.78 is 54.9. The van der Waals surface area contributed by atoms with Gasteiger partial charge < -0.3 is 24.2 Å². The minimum absolute atomic E-state index is 0.0311. The maximum absolute atomic E-state index is 14.0. The first-order valence-electron chi connectivity index (χ1n) is 15.6. The maximum atomic E-state index is 14.0. The summed E-state index contributed by atoms with van der Waals surface area (Å²) in [7, 11) is 0. The van der Waals surface area contributed by atoms with E-state index >= 15 is 0 Å². The number of halogens is 3. The van der Waals surface area contributed by atoms with Crippen molar-refractivity contribution in [1.82, 2.24) is 29.5 Å². The van der Waals surface area contributed by atoms with Crippen molar-refractivity contribution in [2.75, 3.05) is 68.8 Å². The number of ether oxygens (including phenoxy) is 2. The Labute approximate surface area is 256 Å². The lowest BCUT2D eigenvalue weighted by molar-refractivity contribution is -0.144. The zero-order chi connectivity index (χ0) is 31.4. The zero-order valence-corrected chi connectivity index (χ0v) is 26.2. The average Bonchev–Trinajstić information content (AvgIpc) is 3.30. The van der Waals surface area contributed by atoms with E-state index in [1.165, 1.54) is 5.69 Å². The molecule has 14 heteroatoms. The molecule has 4 saturated heterocycles. The van der Waals surface area contributed by atoms with Gasteiger partial charge in [-0.05, 0) is 53.0 Å². The third kappa shape index (κ3) is 6.19. The van der Waals surface area contributed by atoms with Crippen LogP contribution in [0.25, 0.3) is 0 Å². The Morgan fingerprint density at radius 1 is 1.00 bits per heavy atom. The number of rotatable bonds is 5. The van der Waals surface area contributed by atoms with E-state index in [0.717, 1.165) is 18.4 Å². The van der Waals surface area contributed by atoms with Crippen LogP contribution in [-0.2, 0) is 15.7 Å². The molecule has 0 aromatic carbocycles. The van der Waals surface area contributed by atoms with Gasteiger partial charge in [-0.2, -0.15) is 18.3 Å². The lowest BCUT2D eigenvalue weighted by Gasteiger charge is -2.53. The van der Waals surface area contributed by atoms with E-state index in [4.69, 9.17) is 9.47 Å². The zero-order valence-electron chi connectivity index (χ0n) is 26.2. The van der Waals surface area contributed by atoms with Gasteiger partial charge in [-0.25, -0.2) is 14.8 Å². The summed E-state index contributed by atoms with van der Waals surface area (Å²) in [5.74, 6) is -0.197. The fraction of sp³-hybridized carbons (Fsp3) is 0.733. The number of aryl methyl sites for hydroxylation is 1. The molecule has 4 fully saturated rings. The molecule has 2 aromatic rings. The topological polar surface area (TPSA) is 92.1 Å². The van der Waals surface area contributed by atoms with E-state index in [1.807, 2.05) is 43.7 Å². The van der Waals surface area contributed by atoms with E-state index < -0.39 is 17.6 Å². The molecular formula is C30H43F3N8O3. The summed E-state index contributed by atoms with van der Waals surface area (Å²) >= 11 is 0. The molecule has 6 rings (SSSR count). The van der Waals surface area contributed by atoms with Gasteiger partial charge in [0.1, 0.15) is 17.2 Å². The molecule has 44 heavy (non-hydrogen) atoms. The van der Waals surface area contributed by atoms with Crippen LogP contribution in [0.2, 0.25) is 0 Å². The maximum Gasteiger partial charge on any atom is 0.451 e. The van der Waals surface area contributed by atoms with Gasteiger partial charge >= 0.3 is 12.3 Å². The molecule has 1 amide bonds. The Balaban J connectivity index is 1.11. The van der Waals surface area contributed by atoms with Crippen molar-refractivity contribution in [3.05, 3.63) is 29.3 Å². The molecule has 0 radical (unpaired) electrons. The SMILES string of the molecule is Cc1cnn(C2COC2)c1C1CCN(c2cc(N3C[C@@H](N4CCN(C(=O)OC(C)(C)C)CC4)[C@H]3C)nc(C(F)(F)F)n2)CC1. The summed E-state index contributed by atoms with van der Waals surface area (Å²) in [6.07, 6.45) is -1.46. The highest BCUT2D eigenvalue weighted by Crippen LogP contribution is 2.38. The monoisotopic (exact) mass is 620 g/mol. The Kier molecular flexibility index (Phi) is 8.18. The molecule has 0 saturated carbocycles. The second-order valence-electron chi connectivity index (χ2n) is 13.5. The van der Waals surface area contributed by atoms with Crippen molar-refractivity contribution in [2.24, 2.45) is 0 Å². The number of hydrogen-bond donors (Lipinski definition) is 0. The van der Waals surface area contributed by atoms with E-state index in [2.05, 4.69) is 31.6 Å². The van der Waals surface area contributed by atoms with Crippen molar-refractivity contribution in [3.63, 3.8) is 0 Å². The molecule has 0 N–H and O–H groups in total. The molecule has 0 spiro atoms. The third-order valence-electron chi connectivity index (χ3n) is 9.31. The van der Waals surface area contributed by atoms with Crippen LogP contribution in [0.4, 0.5) is 29.6 Å². The first kappa shape index (κ1) is 30.9. The molecule has 2 atom stereocenters. The van der Waals surface area contributed by atoms with E-state index in [1.54, 1.807) is 11.0 Å². The van der Waals surface area contributed by atoms with Gasteiger partial charge in [-0.15, -0.1) is 0 Å². The number of amides is 1. The van der Waals surface area contributed by atoms with Crippen molar-refractivity contribution in [2.45, 2.75) is 83.3 Å². The molecule has 11 nitrogen and oxygen atoms in total. The summed E-state index contributed by atoms with van der Waals surface area (Å²) in [6.45, 7) is 15.2. The van der Waals surface area contributed by atoms with Gasteiger partial charge in [0.05, 0.1) is 25.5 Å². The Morgan fingerprint density at radius 3 is 2.23 bits per heavy atom. The largest absolute Gasteiger partial charge is 0.451 e. The first-order chi connectivity index (χ1) is 20.8. The van der Waals surface area contributed by atoms with E-state index in [0.29, 0.717) is 70.7 Å². The number of anilines is 2. The van der Waals surface area contributed by atoms with Crippen molar-refractivity contribution < 1.29 is 27.4 Å². The van der Waals surface area contributed by atoms with Gasteiger partial charge in [0.2, 0.25) is 5.82 Å². The third-order valence-corrected chi connectivity index (χ3v) is 9.31. The molecule has 0 bridgehead atoms. The molecular weight excluding hydrogens is 577 g/mol. The van der Waals surface area contributed by atoms with Crippen molar-refractivity contribution in [1.29, 1.82) is 0 Å². The number of piperazine rings is 1. The van der Waals surface area contributed by atoms with Crippen LogP contribution >= 0.6 is 0 Å². The predicted molar refractivity (Wildman–Crippen MR) is 158 cm³/mol. The van der Waals surface area contributed by atoms with Crippen LogP contribution in [0.15, 0.2) is 12.3 Å². The normalized spacial score (nSPS) is 24.3. The second kappa shape index (κ2) is 11.7.